The maximum atomic E-state index is 14.5. The molecule has 0 radical (unpaired) electrons. The van der Waals surface area contributed by atoms with Crippen LogP contribution in [0.2, 0.25) is 0 Å². The van der Waals surface area contributed by atoms with E-state index in [-0.39, 0.29) is 23.8 Å². The number of aryl methyl sites for hydroxylation is 2. The lowest BCUT2D eigenvalue weighted by Gasteiger charge is -2.34. The van der Waals surface area contributed by atoms with Crippen molar-refractivity contribution in [2.24, 2.45) is 0 Å². The Morgan fingerprint density at radius 3 is 2.14 bits per heavy atom. The summed E-state index contributed by atoms with van der Waals surface area (Å²) in [5.41, 5.74) is 3.66. The molecule has 0 aliphatic carbocycles. The molecule has 0 aliphatic rings. The summed E-state index contributed by atoms with van der Waals surface area (Å²) >= 11 is 3.50. The first-order valence-electron chi connectivity index (χ1n) is 14.1. The summed E-state index contributed by atoms with van der Waals surface area (Å²) in [5.74, 6) is -0.800. The van der Waals surface area contributed by atoms with Crippen LogP contribution in [0, 0.1) is 13.8 Å². The maximum Gasteiger partial charge on any atom is 0.264 e. The summed E-state index contributed by atoms with van der Waals surface area (Å²) in [6.45, 7) is 5.54. The number of amides is 2. The molecule has 0 spiro atoms. The van der Waals surface area contributed by atoms with E-state index in [2.05, 4.69) is 21.2 Å². The minimum Gasteiger partial charge on any atom is -0.355 e. The van der Waals surface area contributed by atoms with Crippen molar-refractivity contribution < 1.29 is 18.0 Å². The van der Waals surface area contributed by atoms with Crippen LogP contribution in [0.25, 0.3) is 0 Å². The molecule has 9 heteroatoms. The molecule has 43 heavy (non-hydrogen) atoms. The number of carbonyl (C=O) groups is 2. The predicted octanol–water partition coefficient (Wildman–Crippen LogP) is 6.04. The van der Waals surface area contributed by atoms with E-state index in [1.165, 1.54) is 17.0 Å². The molecule has 7 nitrogen and oxygen atoms in total. The highest BCUT2D eigenvalue weighted by molar-refractivity contribution is 9.10. The molecular formula is C34H36BrN3O4S. The number of halogens is 1. The second-order valence-electron chi connectivity index (χ2n) is 10.4. The van der Waals surface area contributed by atoms with Gasteiger partial charge in [0.2, 0.25) is 11.8 Å². The van der Waals surface area contributed by atoms with Gasteiger partial charge in [0, 0.05) is 24.0 Å². The van der Waals surface area contributed by atoms with Gasteiger partial charge >= 0.3 is 0 Å². The van der Waals surface area contributed by atoms with Crippen molar-refractivity contribution in [1.82, 2.24) is 10.2 Å². The van der Waals surface area contributed by atoms with E-state index in [1.807, 2.05) is 87.5 Å². The van der Waals surface area contributed by atoms with Gasteiger partial charge in [-0.15, -0.1) is 0 Å². The zero-order valence-electron chi connectivity index (χ0n) is 24.5. The number of rotatable bonds is 12. The summed E-state index contributed by atoms with van der Waals surface area (Å²) in [7, 11) is -4.14. The first-order valence-corrected chi connectivity index (χ1v) is 16.3. The van der Waals surface area contributed by atoms with Crippen LogP contribution in [0.3, 0.4) is 0 Å². The Hall–Kier alpha value is -3.95. The van der Waals surface area contributed by atoms with Crippen LogP contribution in [-0.4, -0.2) is 44.3 Å². The summed E-state index contributed by atoms with van der Waals surface area (Å²) < 4.78 is 30.2. The Morgan fingerprint density at radius 1 is 0.837 bits per heavy atom. The summed E-state index contributed by atoms with van der Waals surface area (Å²) in [6.07, 6.45) is 0.265. The van der Waals surface area contributed by atoms with E-state index in [9.17, 15) is 18.0 Å². The van der Waals surface area contributed by atoms with Crippen LogP contribution in [0.5, 0.6) is 0 Å². The summed E-state index contributed by atoms with van der Waals surface area (Å²) in [4.78, 5) is 29.6. The number of benzene rings is 4. The highest BCUT2D eigenvalue weighted by Crippen LogP contribution is 2.29. The fraction of sp³-hybridized carbons (Fsp3) is 0.235. The second-order valence-corrected chi connectivity index (χ2v) is 13.1. The Labute approximate surface area is 262 Å². The fourth-order valence-corrected chi connectivity index (χ4v) is 6.84. The quantitative estimate of drug-likeness (QED) is 0.201. The average molecular weight is 663 g/mol. The van der Waals surface area contributed by atoms with E-state index in [4.69, 9.17) is 0 Å². The molecule has 0 heterocycles. The predicted molar refractivity (Wildman–Crippen MR) is 174 cm³/mol. The van der Waals surface area contributed by atoms with E-state index >= 15 is 0 Å². The van der Waals surface area contributed by atoms with Crippen LogP contribution >= 0.6 is 15.9 Å². The van der Waals surface area contributed by atoms with Crippen molar-refractivity contribution in [3.63, 3.8) is 0 Å². The third-order valence-electron chi connectivity index (χ3n) is 7.11. The molecule has 0 aromatic heterocycles. The number of nitrogens with one attached hydrogen (secondary N) is 1. The number of nitrogens with zero attached hydrogens (tertiary/aromatic N) is 2. The third-order valence-corrected chi connectivity index (χ3v) is 9.37. The Morgan fingerprint density at radius 2 is 1.49 bits per heavy atom. The molecule has 0 aliphatic heterocycles. The van der Waals surface area contributed by atoms with Gasteiger partial charge in [0.25, 0.3) is 10.0 Å². The Kier molecular flexibility index (Phi) is 10.8. The lowest BCUT2D eigenvalue weighted by atomic mass is 10.0. The average Bonchev–Trinajstić information content (AvgIpc) is 3.00. The van der Waals surface area contributed by atoms with Crippen molar-refractivity contribution in [1.29, 1.82) is 0 Å². The number of likely N-dealkylation sites (N-methyl/N-ethyl adjacent to an activating group) is 1. The lowest BCUT2D eigenvalue weighted by Crippen LogP contribution is -2.53. The molecule has 224 valence electrons. The van der Waals surface area contributed by atoms with Gasteiger partial charge in [0.15, 0.2) is 0 Å². The van der Waals surface area contributed by atoms with E-state index < -0.39 is 28.5 Å². The van der Waals surface area contributed by atoms with Gasteiger partial charge in [0.05, 0.1) is 10.6 Å². The van der Waals surface area contributed by atoms with Crippen molar-refractivity contribution >= 4 is 43.5 Å². The molecule has 0 fully saturated rings. The van der Waals surface area contributed by atoms with Gasteiger partial charge in [0.1, 0.15) is 12.6 Å². The lowest BCUT2D eigenvalue weighted by molar-refractivity contribution is -0.140. The van der Waals surface area contributed by atoms with Gasteiger partial charge < -0.3 is 10.2 Å². The van der Waals surface area contributed by atoms with Crippen molar-refractivity contribution in [3.8, 4) is 0 Å². The second kappa shape index (κ2) is 14.5. The normalized spacial score (nSPS) is 11.9. The SMILES string of the molecule is CCNC(=O)C(Cc1ccccc1)N(Cc1cccc(Br)c1)C(=O)CN(c1cc(C)ccc1C)S(=O)(=O)c1ccccc1. The molecule has 1 unspecified atom stereocenters. The molecule has 4 aromatic rings. The largest absolute Gasteiger partial charge is 0.355 e. The molecule has 1 atom stereocenters. The topological polar surface area (TPSA) is 86.8 Å². The first kappa shape index (κ1) is 32.0. The van der Waals surface area contributed by atoms with Crippen LogP contribution < -0.4 is 9.62 Å². The standard InChI is InChI=1S/C34H36BrN3O4S/c1-4-36-34(40)32(22-27-12-7-5-8-13-27)37(23-28-14-11-15-29(35)21-28)33(39)24-38(31-20-25(2)18-19-26(31)3)43(41,42)30-16-9-6-10-17-30/h5-21,32H,4,22-24H2,1-3H3,(H,36,40). The van der Waals surface area contributed by atoms with Gasteiger partial charge in [-0.3, -0.25) is 13.9 Å². The van der Waals surface area contributed by atoms with Crippen molar-refractivity contribution in [2.45, 2.75) is 44.7 Å². The minimum atomic E-state index is -4.14. The van der Waals surface area contributed by atoms with E-state index in [0.29, 0.717) is 17.8 Å². The van der Waals surface area contributed by atoms with Crippen LogP contribution in [0.1, 0.15) is 29.2 Å². The van der Waals surface area contributed by atoms with Gasteiger partial charge in [-0.05, 0) is 73.4 Å². The van der Waals surface area contributed by atoms with Crippen LogP contribution in [0.4, 0.5) is 5.69 Å². The molecule has 1 N–H and O–H groups in total. The highest BCUT2D eigenvalue weighted by atomic mass is 79.9. The number of carbonyl (C=O) groups excluding carboxylic acids is 2. The number of sulfonamides is 1. The van der Waals surface area contributed by atoms with E-state index in [1.54, 1.807) is 24.3 Å². The monoisotopic (exact) mass is 661 g/mol. The first-order chi connectivity index (χ1) is 20.6. The molecule has 4 aromatic carbocycles. The smallest absolute Gasteiger partial charge is 0.264 e. The Bertz CT molecular complexity index is 1660. The zero-order valence-corrected chi connectivity index (χ0v) is 26.9. The molecule has 4 rings (SSSR count). The van der Waals surface area contributed by atoms with Crippen LogP contribution in [-0.2, 0) is 32.6 Å². The Balaban J connectivity index is 1.82. The minimum absolute atomic E-state index is 0.0757. The summed E-state index contributed by atoms with van der Waals surface area (Å²) in [5, 5.41) is 2.88. The zero-order chi connectivity index (χ0) is 31.0. The number of hydrogen-bond acceptors (Lipinski definition) is 4. The van der Waals surface area contributed by atoms with Crippen LogP contribution in [0.15, 0.2) is 112 Å². The molecular weight excluding hydrogens is 626 g/mol. The molecule has 0 saturated heterocycles. The summed E-state index contributed by atoms with van der Waals surface area (Å²) in [6, 6.07) is 29.7. The molecule has 2 amide bonds. The third kappa shape index (κ3) is 8.12. The fourth-order valence-electron chi connectivity index (χ4n) is 4.90. The van der Waals surface area contributed by atoms with Gasteiger partial charge in [-0.1, -0.05) is 88.7 Å². The van der Waals surface area contributed by atoms with Gasteiger partial charge in [-0.2, -0.15) is 0 Å². The highest BCUT2D eigenvalue weighted by Gasteiger charge is 2.35. The van der Waals surface area contributed by atoms with Gasteiger partial charge in [-0.25, -0.2) is 8.42 Å². The maximum absolute atomic E-state index is 14.5. The van der Waals surface area contributed by atoms with E-state index in [0.717, 1.165) is 25.5 Å². The number of anilines is 1. The van der Waals surface area contributed by atoms with Crippen molar-refractivity contribution in [3.05, 3.63) is 130 Å². The van der Waals surface area contributed by atoms with Crippen molar-refractivity contribution in [2.75, 3.05) is 17.4 Å². The molecule has 0 saturated carbocycles. The molecule has 0 bridgehead atoms. The number of hydrogen-bond donors (Lipinski definition) is 1.